The van der Waals surface area contributed by atoms with Gasteiger partial charge in [-0.05, 0) is 18.6 Å². The van der Waals surface area contributed by atoms with Gasteiger partial charge in [0.25, 0.3) is 0 Å². The zero-order chi connectivity index (χ0) is 6.57. The predicted molar refractivity (Wildman–Crippen MR) is 45.7 cm³/mol. The minimum atomic E-state index is 0.498. The molecule has 0 saturated carbocycles. The molecule has 0 aliphatic carbocycles. The minimum Gasteiger partial charge on any atom is -0.165 e. The third kappa shape index (κ3) is 6.70. The Bertz CT molecular complexity index is 42.5. The standard InChI is InChI=1S/C6H14S2/c1-5(2)4-8-6(3)7/h5-7H,4H2,1-3H3. The lowest BCUT2D eigenvalue weighted by molar-refractivity contribution is 0.750. The molecule has 8 heavy (non-hydrogen) atoms. The van der Waals surface area contributed by atoms with E-state index in [-0.39, 0.29) is 0 Å². The zero-order valence-corrected chi connectivity index (χ0v) is 7.43. The van der Waals surface area contributed by atoms with Crippen LogP contribution in [-0.2, 0) is 0 Å². The number of hydrogen-bond donors (Lipinski definition) is 1. The highest BCUT2D eigenvalue weighted by atomic mass is 32.2. The van der Waals surface area contributed by atoms with Gasteiger partial charge in [-0.15, -0.1) is 11.8 Å². The van der Waals surface area contributed by atoms with E-state index in [1.807, 2.05) is 11.8 Å². The van der Waals surface area contributed by atoms with Gasteiger partial charge in [0.2, 0.25) is 0 Å². The van der Waals surface area contributed by atoms with Gasteiger partial charge in [0.1, 0.15) is 0 Å². The van der Waals surface area contributed by atoms with Gasteiger partial charge in [0, 0.05) is 4.58 Å². The summed E-state index contributed by atoms with van der Waals surface area (Å²) >= 11 is 6.14. The summed E-state index contributed by atoms with van der Waals surface area (Å²) in [5.74, 6) is 2.03. The fourth-order valence-electron chi connectivity index (χ4n) is 0.332. The van der Waals surface area contributed by atoms with Crippen molar-refractivity contribution >= 4 is 24.4 Å². The van der Waals surface area contributed by atoms with Gasteiger partial charge in [0.05, 0.1) is 0 Å². The molecule has 0 nitrogen and oxygen atoms in total. The molecule has 0 amide bonds. The molecule has 0 spiro atoms. The fourth-order valence-corrected chi connectivity index (χ4v) is 1.25. The van der Waals surface area contributed by atoms with E-state index in [1.165, 1.54) is 5.75 Å². The summed E-state index contributed by atoms with van der Waals surface area (Å²) in [6.07, 6.45) is 0. The second kappa shape index (κ2) is 4.57. The second-order valence-corrected chi connectivity index (χ2v) is 4.82. The molecule has 0 aliphatic rings. The lowest BCUT2D eigenvalue weighted by Gasteiger charge is -2.05. The first kappa shape index (κ1) is 8.70. The summed E-state index contributed by atoms with van der Waals surface area (Å²) in [6.45, 7) is 6.56. The van der Waals surface area contributed by atoms with Crippen LogP contribution in [0.15, 0.2) is 0 Å². The predicted octanol–water partition coefficient (Wildman–Crippen LogP) is 2.65. The van der Waals surface area contributed by atoms with E-state index in [0.717, 1.165) is 5.92 Å². The van der Waals surface area contributed by atoms with Gasteiger partial charge in [-0.25, -0.2) is 0 Å². The molecule has 0 fully saturated rings. The summed E-state index contributed by atoms with van der Waals surface area (Å²) in [5.41, 5.74) is 0. The minimum absolute atomic E-state index is 0.498. The quantitative estimate of drug-likeness (QED) is 0.477. The Morgan fingerprint density at radius 3 is 2.00 bits per heavy atom. The molecule has 50 valence electrons. The van der Waals surface area contributed by atoms with E-state index >= 15 is 0 Å². The van der Waals surface area contributed by atoms with Crippen LogP contribution in [0, 0.1) is 5.92 Å². The van der Waals surface area contributed by atoms with Crippen LogP contribution in [0.4, 0.5) is 0 Å². The Morgan fingerprint density at radius 2 is 1.88 bits per heavy atom. The van der Waals surface area contributed by atoms with Crippen molar-refractivity contribution in [2.45, 2.75) is 25.4 Å². The Kier molecular flexibility index (Phi) is 4.97. The molecule has 0 heterocycles. The lowest BCUT2D eigenvalue weighted by Crippen LogP contribution is -1.93. The van der Waals surface area contributed by atoms with E-state index in [9.17, 15) is 0 Å². The summed E-state index contributed by atoms with van der Waals surface area (Å²) in [4.78, 5) is 0. The van der Waals surface area contributed by atoms with Crippen LogP contribution < -0.4 is 0 Å². The van der Waals surface area contributed by atoms with Crippen molar-refractivity contribution in [1.82, 2.24) is 0 Å². The van der Waals surface area contributed by atoms with Crippen molar-refractivity contribution < 1.29 is 0 Å². The van der Waals surface area contributed by atoms with Crippen molar-refractivity contribution in [2.24, 2.45) is 5.92 Å². The first-order valence-electron chi connectivity index (χ1n) is 2.92. The van der Waals surface area contributed by atoms with Gasteiger partial charge < -0.3 is 0 Å². The molecular weight excluding hydrogens is 136 g/mol. The zero-order valence-electron chi connectivity index (χ0n) is 5.72. The molecule has 0 aliphatic heterocycles. The van der Waals surface area contributed by atoms with Crippen molar-refractivity contribution in [3.63, 3.8) is 0 Å². The van der Waals surface area contributed by atoms with Crippen LogP contribution in [0.3, 0.4) is 0 Å². The topological polar surface area (TPSA) is 0 Å². The molecule has 1 unspecified atom stereocenters. The van der Waals surface area contributed by atoms with Crippen molar-refractivity contribution in [3.8, 4) is 0 Å². The van der Waals surface area contributed by atoms with Crippen LogP contribution in [-0.4, -0.2) is 10.3 Å². The maximum atomic E-state index is 4.24. The monoisotopic (exact) mass is 150 g/mol. The second-order valence-electron chi connectivity index (χ2n) is 2.33. The number of thioether (sulfide) groups is 1. The first-order chi connectivity index (χ1) is 3.63. The molecule has 0 rings (SSSR count). The number of rotatable bonds is 3. The Labute approximate surface area is 61.8 Å². The van der Waals surface area contributed by atoms with Gasteiger partial charge in [-0.1, -0.05) is 13.8 Å². The van der Waals surface area contributed by atoms with Gasteiger partial charge >= 0.3 is 0 Å². The van der Waals surface area contributed by atoms with Gasteiger partial charge in [-0.2, -0.15) is 12.6 Å². The summed E-state index contributed by atoms with van der Waals surface area (Å²) in [5, 5.41) is 0. The van der Waals surface area contributed by atoms with Crippen LogP contribution in [0.25, 0.3) is 0 Å². The maximum absolute atomic E-state index is 4.24. The molecule has 0 bridgehead atoms. The highest BCUT2D eigenvalue weighted by Gasteiger charge is 1.96. The first-order valence-corrected chi connectivity index (χ1v) is 4.49. The third-order valence-electron chi connectivity index (χ3n) is 0.671. The smallest absolute Gasteiger partial charge is 0.0444 e. The molecule has 0 aromatic rings. The molecule has 0 radical (unpaired) electrons. The molecule has 0 aromatic heterocycles. The summed E-state index contributed by atoms with van der Waals surface area (Å²) in [6, 6.07) is 0. The maximum Gasteiger partial charge on any atom is 0.0444 e. The molecule has 1 atom stereocenters. The van der Waals surface area contributed by atoms with E-state index in [2.05, 4.69) is 33.4 Å². The fraction of sp³-hybridized carbons (Fsp3) is 1.00. The molecule has 0 N–H and O–H groups in total. The lowest BCUT2D eigenvalue weighted by atomic mass is 10.3. The SMILES string of the molecule is CC(C)CSC(C)S. The van der Waals surface area contributed by atoms with Gasteiger partial charge in [-0.3, -0.25) is 0 Å². The molecule has 2 heteroatoms. The van der Waals surface area contributed by atoms with E-state index in [0.29, 0.717) is 4.58 Å². The van der Waals surface area contributed by atoms with Crippen LogP contribution >= 0.6 is 24.4 Å². The van der Waals surface area contributed by atoms with E-state index < -0.39 is 0 Å². The average Bonchev–Trinajstić information content (AvgIpc) is 1.61. The Balaban J connectivity index is 2.93. The molecular formula is C6H14S2. The third-order valence-corrected chi connectivity index (χ3v) is 2.46. The van der Waals surface area contributed by atoms with Crippen molar-refractivity contribution in [1.29, 1.82) is 0 Å². The summed E-state index contributed by atoms with van der Waals surface area (Å²) in [7, 11) is 0. The largest absolute Gasteiger partial charge is 0.165 e. The highest BCUT2D eigenvalue weighted by Crippen LogP contribution is 2.16. The Hall–Kier alpha value is 0.700. The van der Waals surface area contributed by atoms with E-state index in [1.54, 1.807) is 0 Å². The van der Waals surface area contributed by atoms with Crippen LogP contribution in [0.1, 0.15) is 20.8 Å². The average molecular weight is 150 g/mol. The highest BCUT2D eigenvalue weighted by molar-refractivity contribution is 8.10. The number of hydrogen-bond acceptors (Lipinski definition) is 2. The molecule has 0 saturated heterocycles. The van der Waals surface area contributed by atoms with Gasteiger partial charge in [0.15, 0.2) is 0 Å². The number of thiol groups is 1. The van der Waals surface area contributed by atoms with Crippen LogP contribution in [0.5, 0.6) is 0 Å². The normalized spacial score (nSPS) is 14.6. The Morgan fingerprint density at radius 1 is 1.38 bits per heavy atom. The summed E-state index contributed by atoms with van der Waals surface area (Å²) < 4.78 is 0.498. The van der Waals surface area contributed by atoms with Crippen LogP contribution in [0.2, 0.25) is 0 Å². The van der Waals surface area contributed by atoms with Crippen molar-refractivity contribution in [2.75, 3.05) is 5.75 Å². The molecule has 0 aromatic carbocycles. The van der Waals surface area contributed by atoms with E-state index in [4.69, 9.17) is 0 Å². The van der Waals surface area contributed by atoms with Crippen molar-refractivity contribution in [3.05, 3.63) is 0 Å².